The van der Waals surface area contributed by atoms with Gasteiger partial charge in [-0.05, 0) is 48.0 Å². The zero-order valence-electron chi connectivity index (χ0n) is 16.2. The molecule has 1 amide bonds. The molecule has 0 aromatic heterocycles. The van der Waals surface area contributed by atoms with Crippen molar-refractivity contribution in [3.8, 4) is 0 Å². The molecular weight excluding hydrogens is 412 g/mol. The van der Waals surface area contributed by atoms with Crippen LogP contribution in [0.4, 0.5) is 11.4 Å². The van der Waals surface area contributed by atoms with Crippen LogP contribution in [-0.2, 0) is 19.7 Å². The molecule has 11 heteroatoms. The van der Waals surface area contributed by atoms with Crippen molar-refractivity contribution in [3.05, 3.63) is 59.7 Å². The topological polar surface area (TPSA) is 163 Å². The Bertz CT molecular complexity index is 1140. The first-order valence-electron chi connectivity index (χ1n) is 8.31. The minimum atomic E-state index is -4.39. The molecule has 3 rings (SSSR count). The van der Waals surface area contributed by atoms with Crippen molar-refractivity contribution in [3.63, 3.8) is 0 Å². The summed E-state index contributed by atoms with van der Waals surface area (Å²) in [6.45, 7) is 0. The number of carbonyl (C=O) groups is 2. The SMILES string of the molecule is CN(C)c1ccc(/C=C2\C(=O)N(c3ccc(S(=O)(=O)O)cc3)N=C2C(=O)O)cc1.N. The lowest BCUT2D eigenvalue weighted by molar-refractivity contribution is -0.129. The van der Waals surface area contributed by atoms with E-state index in [-0.39, 0.29) is 22.3 Å². The van der Waals surface area contributed by atoms with E-state index in [1.54, 1.807) is 12.1 Å². The predicted octanol–water partition coefficient (Wildman–Crippen LogP) is 2.03. The fourth-order valence-corrected chi connectivity index (χ4v) is 3.15. The van der Waals surface area contributed by atoms with E-state index >= 15 is 0 Å². The molecule has 0 fully saturated rings. The lowest BCUT2D eigenvalue weighted by Gasteiger charge is -2.12. The van der Waals surface area contributed by atoms with E-state index in [0.29, 0.717) is 5.56 Å². The second-order valence-corrected chi connectivity index (χ2v) is 7.81. The molecule has 158 valence electrons. The summed E-state index contributed by atoms with van der Waals surface area (Å²) in [7, 11) is -0.624. The highest BCUT2D eigenvalue weighted by atomic mass is 32.2. The van der Waals surface area contributed by atoms with E-state index in [2.05, 4.69) is 5.10 Å². The molecule has 0 bridgehead atoms. The zero-order valence-corrected chi connectivity index (χ0v) is 17.0. The average molecular weight is 432 g/mol. The molecule has 0 radical (unpaired) electrons. The number of carbonyl (C=O) groups excluding carboxylic acids is 1. The highest BCUT2D eigenvalue weighted by Crippen LogP contribution is 2.26. The molecule has 0 saturated heterocycles. The number of benzene rings is 2. The Morgan fingerprint density at radius 1 is 1.07 bits per heavy atom. The van der Waals surface area contributed by atoms with Crippen molar-refractivity contribution in [1.29, 1.82) is 0 Å². The summed E-state index contributed by atoms with van der Waals surface area (Å²) < 4.78 is 31.3. The summed E-state index contributed by atoms with van der Waals surface area (Å²) >= 11 is 0. The maximum atomic E-state index is 12.8. The number of carboxylic acid groups (broad SMARTS) is 1. The summed E-state index contributed by atoms with van der Waals surface area (Å²) in [5, 5.41) is 14.2. The molecule has 1 heterocycles. The molecule has 0 atom stereocenters. The van der Waals surface area contributed by atoms with Crippen LogP contribution in [0.3, 0.4) is 0 Å². The zero-order chi connectivity index (χ0) is 21.3. The van der Waals surface area contributed by atoms with Crippen LogP contribution in [0, 0.1) is 0 Å². The molecule has 2 aromatic rings. The number of amides is 1. The maximum absolute atomic E-state index is 12.8. The Morgan fingerprint density at radius 2 is 1.63 bits per heavy atom. The molecule has 10 nitrogen and oxygen atoms in total. The molecule has 0 spiro atoms. The van der Waals surface area contributed by atoms with Crippen LogP contribution in [0.5, 0.6) is 0 Å². The quantitative estimate of drug-likeness (QED) is 0.477. The summed E-state index contributed by atoms with van der Waals surface area (Å²) in [6.07, 6.45) is 1.43. The van der Waals surface area contributed by atoms with Gasteiger partial charge >= 0.3 is 5.97 Å². The van der Waals surface area contributed by atoms with Gasteiger partial charge in [-0.3, -0.25) is 9.35 Å². The number of hydrogen-bond acceptors (Lipinski definition) is 7. The third kappa shape index (κ3) is 4.54. The predicted molar refractivity (Wildman–Crippen MR) is 113 cm³/mol. The first kappa shape index (κ1) is 22.7. The highest BCUT2D eigenvalue weighted by molar-refractivity contribution is 7.85. The third-order valence-corrected chi connectivity index (χ3v) is 5.05. The fraction of sp³-hybridized carbons (Fsp3) is 0.105. The van der Waals surface area contributed by atoms with Crippen molar-refractivity contribution in [2.75, 3.05) is 24.0 Å². The molecule has 0 saturated carbocycles. The monoisotopic (exact) mass is 432 g/mol. The standard InChI is InChI=1S/C19H17N3O6S.H3N/c1-21(2)13-5-3-12(4-6-13)11-16-17(19(24)25)20-22(18(16)23)14-7-9-15(10-8-14)29(26,27)28;/h3-11H,1-2H3,(H,24,25)(H,26,27,28);1H3/b16-11-;. The van der Waals surface area contributed by atoms with Crippen molar-refractivity contribution in [2.45, 2.75) is 4.90 Å². The Kier molecular flexibility index (Phi) is 6.41. The highest BCUT2D eigenvalue weighted by Gasteiger charge is 2.35. The molecule has 1 aliphatic rings. The van der Waals surface area contributed by atoms with Crippen LogP contribution < -0.4 is 16.1 Å². The number of rotatable bonds is 5. The van der Waals surface area contributed by atoms with Gasteiger partial charge in [-0.15, -0.1) is 0 Å². The van der Waals surface area contributed by atoms with Gasteiger partial charge < -0.3 is 16.2 Å². The van der Waals surface area contributed by atoms with Gasteiger partial charge in [0.2, 0.25) is 0 Å². The van der Waals surface area contributed by atoms with Gasteiger partial charge in [0.1, 0.15) is 0 Å². The van der Waals surface area contributed by atoms with Crippen LogP contribution in [0.25, 0.3) is 6.08 Å². The lowest BCUT2D eigenvalue weighted by atomic mass is 10.1. The molecule has 0 aliphatic carbocycles. The van der Waals surface area contributed by atoms with E-state index in [1.807, 2.05) is 31.1 Å². The molecule has 5 N–H and O–H groups in total. The van der Waals surface area contributed by atoms with Gasteiger partial charge in [-0.1, -0.05) is 12.1 Å². The molecule has 30 heavy (non-hydrogen) atoms. The van der Waals surface area contributed by atoms with Crippen molar-refractivity contribution in [1.82, 2.24) is 6.15 Å². The Morgan fingerprint density at radius 3 is 2.10 bits per heavy atom. The first-order chi connectivity index (χ1) is 13.6. The second kappa shape index (κ2) is 8.45. The third-order valence-electron chi connectivity index (χ3n) is 4.18. The summed E-state index contributed by atoms with van der Waals surface area (Å²) in [5.74, 6) is -2.04. The van der Waals surface area contributed by atoms with Crippen LogP contribution in [0.2, 0.25) is 0 Å². The number of hydrazone groups is 1. The van der Waals surface area contributed by atoms with Crippen LogP contribution >= 0.6 is 0 Å². The molecule has 2 aromatic carbocycles. The minimum absolute atomic E-state index is 0. The normalized spacial score (nSPS) is 15.0. The van der Waals surface area contributed by atoms with Crippen LogP contribution in [0.15, 0.2) is 64.1 Å². The average Bonchev–Trinajstić information content (AvgIpc) is 2.98. The Labute approximate surface area is 173 Å². The molecule has 1 aliphatic heterocycles. The van der Waals surface area contributed by atoms with E-state index in [1.165, 1.54) is 18.2 Å². The van der Waals surface area contributed by atoms with E-state index in [9.17, 15) is 23.1 Å². The summed E-state index contributed by atoms with van der Waals surface area (Å²) in [5.41, 5.74) is 1.20. The van der Waals surface area contributed by atoms with Crippen molar-refractivity contribution < 1.29 is 27.7 Å². The Hall–Kier alpha value is -3.54. The van der Waals surface area contributed by atoms with Gasteiger partial charge in [0.25, 0.3) is 16.0 Å². The van der Waals surface area contributed by atoms with Crippen molar-refractivity contribution >= 4 is 45.2 Å². The largest absolute Gasteiger partial charge is 0.476 e. The van der Waals surface area contributed by atoms with Gasteiger partial charge in [-0.2, -0.15) is 18.5 Å². The van der Waals surface area contributed by atoms with Crippen LogP contribution in [0.1, 0.15) is 5.56 Å². The molecular formula is C19H20N4O6S. The Balaban J connectivity index is 0.00000320. The van der Waals surface area contributed by atoms with Crippen molar-refractivity contribution in [2.24, 2.45) is 5.10 Å². The minimum Gasteiger partial charge on any atom is -0.476 e. The lowest BCUT2D eigenvalue weighted by Crippen LogP contribution is -2.22. The van der Waals surface area contributed by atoms with Gasteiger partial charge in [-0.25, -0.2) is 4.79 Å². The number of anilines is 2. The summed E-state index contributed by atoms with van der Waals surface area (Å²) in [4.78, 5) is 25.9. The molecule has 0 unspecified atom stereocenters. The van der Waals surface area contributed by atoms with Gasteiger partial charge in [0, 0.05) is 19.8 Å². The van der Waals surface area contributed by atoms with Crippen LogP contribution in [-0.4, -0.2) is 49.8 Å². The fourth-order valence-electron chi connectivity index (χ4n) is 2.67. The summed E-state index contributed by atoms with van der Waals surface area (Å²) in [6, 6.07) is 11.8. The van der Waals surface area contributed by atoms with E-state index < -0.39 is 27.7 Å². The first-order valence-corrected chi connectivity index (χ1v) is 9.75. The van der Waals surface area contributed by atoms with Gasteiger partial charge in [0.05, 0.1) is 16.2 Å². The van der Waals surface area contributed by atoms with E-state index in [4.69, 9.17) is 4.55 Å². The second-order valence-electron chi connectivity index (χ2n) is 6.38. The maximum Gasteiger partial charge on any atom is 0.357 e. The number of hydrogen-bond donors (Lipinski definition) is 3. The smallest absolute Gasteiger partial charge is 0.357 e. The van der Waals surface area contributed by atoms with E-state index in [0.717, 1.165) is 22.8 Å². The number of nitrogens with zero attached hydrogens (tertiary/aromatic N) is 3. The number of carboxylic acids is 1. The van der Waals surface area contributed by atoms with Gasteiger partial charge in [0.15, 0.2) is 5.71 Å². The number of aliphatic carboxylic acids is 1.